The highest BCUT2D eigenvalue weighted by molar-refractivity contribution is 6.50. The zero-order valence-corrected chi connectivity index (χ0v) is 14.1. The zero-order chi connectivity index (χ0) is 17.2. The standard InChI is InChI=1S/C19H13ClN4O/c1-12-5-4-6-13(9-12)18-23-24-19(25-18)15(20)10-14-11-21-16-7-2-3-8-17(16)22-14/h2-11H,1H3/b15-10-. The minimum atomic E-state index is 0.244. The van der Waals surface area contributed by atoms with E-state index in [4.69, 9.17) is 16.0 Å². The number of rotatable bonds is 3. The molecule has 0 aliphatic carbocycles. The highest BCUT2D eigenvalue weighted by atomic mass is 35.5. The summed E-state index contributed by atoms with van der Waals surface area (Å²) in [7, 11) is 0. The first-order chi connectivity index (χ1) is 12.2. The van der Waals surface area contributed by atoms with Gasteiger partial charge in [0.1, 0.15) is 5.03 Å². The van der Waals surface area contributed by atoms with Gasteiger partial charge in [0.05, 0.1) is 22.9 Å². The van der Waals surface area contributed by atoms with E-state index in [1.165, 1.54) is 0 Å². The van der Waals surface area contributed by atoms with Crippen LogP contribution < -0.4 is 0 Å². The average Bonchev–Trinajstić information content (AvgIpc) is 3.12. The first-order valence-corrected chi connectivity index (χ1v) is 8.07. The summed E-state index contributed by atoms with van der Waals surface area (Å²) < 4.78 is 5.68. The molecule has 0 unspecified atom stereocenters. The Bertz CT molecular complexity index is 1090. The van der Waals surface area contributed by atoms with Crippen molar-refractivity contribution in [2.24, 2.45) is 0 Å². The second-order valence-electron chi connectivity index (χ2n) is 5.56. The molecule has 0 N–H and O–H groups in total. The molecule has 2 aromatic carbocycles. The molecule has 0 radical (unpaired) electrons. The number of benzene rings is 2. The second-order valence-corrected chi connectivity index (χ2v) is 5.96. The van der Waals surface area contributed by atoms with Gasteiger partial charge >= 0.3 is 0 Å². The molecule has 4 rings (SSSR count). The van der Waals surface area contributed by atoms with Crippen LogP contribution in [0.3, 0.4) is 0 Å². The van der Waals surface area contributed by atoms with Crippen LogP contribution in [0.1, 0.15) is 17.1 Å². The minimum absolute atomic E-state index is 0.244. The molecule has 0 aliphatic heterocycles. The summed E-state index contributed by atoms with van der Waals surface area (Å²) in [6.45, 7) is 2.01. The van der Waals surface area contributed by atoms with Crippen LogP contribution in [-0.2, 0) is 0 Å². The van der Waals surface area contributed by atoms with Gasteiger partial charge in [-0.1, -0.05) is 41.4 Å². The Kier molecular flexibility index (Phi) is 3.99. The van der Waals surface area contributed by atoms with Crippen LogP contribution >= 0.6 is 11.6 Å². The van der Waals surface area contributed by atoms with Crippen LogP contribution in [0.25, 0.3) is 33.6 Å². The molecule has 2 heterocycles. The van der Waals surface area contributed by atoms with Gasteiger partial charge in [-0.3, -0.25) is 4.98 Å². The Balaban J connectivity index is 1.65. The monoisotopic (exact) mass is 348 g/mol. The van der Waals surface area contributed by atoms with E-state index >= 15 is 0 Å². The van der Waals surface area contributed by atoms with E-state index in [0.717, 1.165) is 22.2 Å². The Morgan fingerprint density at radius 2 is 1.88 bits per heavy atom. The number of aryl methyl sites for hydroxylation is 1. The Morgan fingerprint density at radius 3 is 2.72 bits per heavy atom. The number of aromatic nitrogens is 4. The summed E-state index contributed by atoms with van der Waals surface area (Å²) >= 11 is 6.32. The molecule has 0 bridgehead atoms. The van der Waals surface area contributed by atoms with Gasteiger partial charge in [0, 0.05) is 5.56 Å². The molecule has 0 atom stereocenters. The normalized spacial score (nSPS) is 11.8. The molecule has 0 spiro atoms. The van der Waals surface area contributed by atoms with E-state index in [0.29, 0.717) is 16.6 Å². The first-order valence-electron chi connectivity index (χ1n) is 7.69. The molecule has 25 heavy (non-hydrogen) atoms. The highest BCUT2D eigenvalue weighted by Crippen LogP contribution is 2.25. The van der Waals surface area contributed by atoms with Crippen molar-refractivity contribution in [3.05, 3.63) is 71.9 Å². The van der Waals surface area contributed by atoms with E-state index in [9.17, 15) is 0 Å². The molecule has 0 amide bonds. The third kappa shape index (κ3) is 3.27. The lowest BCUT2D eigenvalue weighted by molar-refractivity contribution is 0.556. The molecule has 6 heteroatoms. The van der Waals surface area contributed by atoms with Crippen LogP contribution in [-0.4, -0.2) is 20.2 Å². The quantitative estimate of drug-likeness (QED) is 0.535. The fourth-order valence-corrected chi connectivity index (χ4v) is 2.64. The maximum absolute atomic E-state index is 6.32. The molecule has 4 aromatic rings. The maximum atomic E-state index is 6.32. The summed E-state index contributed by atoms with van der Waals surface area (Å²) in [5.41, 5.74) is 4.22. The lowest BCUT2D eigenvalue weighted by Gasteiger charge is -1.98. The molecule has 0 saturated carbocycles. The van der Waals surface area contributed by atoms with Crippen LogP contribution in [0.2, 0.25) is 0 Å². The van der Waals surface area contributed by atoms with Crippen LogP contribution in [0.4, 0.5) is 0 Å². The third-order valence-corrected chi connectivity index (χ3v) is 3.91. The summed E-state index contributed by atoms with van der Waals surface area (Å²) in [5, 5.41) is 8.39. The van der Waals surface area contributed by atoms with Gasteiger partial charge in [-0.2, -0.15) is 0 Å². The smallest absolute Gasteiger partial charge is 0.259 e. The molecule has 2 aromatic heterocycles. The Labute approximate surface area is 149 Å². The topological polar surface area (TPSA) is 64.7 Å². The molecular formula is C19H13ClN4O. The summed E-state index contributed by atoms with van der Waals surface area (Å²) in [5.74, 6) is 0.669. The van der Waals surface area contributed by atoms with Crippen molar-refractivity contribution in [2.75, 3.05) is 0 Å². The molecule has 0 fully saturated rings. The van der Waals surface area contributed by atoms with Gasteiger partial charge in [0.2, 0.25) is 5.89 Å². The largest absolute Gasteiger partial charge is 0.415 e. The van der Waals surface area contributed by atoms with Gasteiger partial charge in [0.15, 0.2) is 0 Å². The van der Waals surface area contributed by atoms with E-state index in [2.05, 4.69) is 20.2 Å². The third-order valence-electron chi connectivity index (χ3n) is 3.64. The molecule has 5 nitrogen and oxygen atoms in total. The predicted molar refractivity (Wildman–Crippen MR) is 97.7 cm³/mol. The van der Waals surface area contributed by atoms with Crippen LogP contribution in [0, 0.1) is 6.92 Å². The van der Waals surface area contributed by atoms with Gasteiger partial charge < -0.3 is 4.42 Å². The zero-order valence-electron chi connectivity index (χ0n) is 13.3. The lowest BCUT2D eigenvalue weighted by Crippen LogP contribution is -1.87. The average molecular weight is 349 g/mol. The van der Waals surface area contributed by atoms with Gasteiger partial charge in [-0.05, 0) is 37.3 Å². The lowest BCUT2D eigenvalue weighted by atomic mass is 10.1. The number of hydrogen-bond acceptors (Lipinski definition) is 5. The number of hydrogen-bond donors (Lipinski definition) is 0. The van der Waals surface area contributed by atoms with Crippen molar-refractivity contribution in [3.63, 3.8) is 0 Å². The molecular weight excluding hydrogens is 336 g/mol. The van der Waals surface area contributed by atoms with Crippen molar-refractivity contribution < 1.29 is 4.42 Å². The fourth-order valence-electron chi connectivity index (χ4n) is 2.45. The Hall–Kier alpha value is -3.05. The minimum Gasteiger partial charge on any atom is -0.415 e. The maximum Gasteiger partial charge on any atom is 0.259 e. The Morgan fingerprint density at radius 1 is 1.04 bits per heavy atom. The van der Waals surface area contributed by atoms with Crippen molar-refractivity contribution in [3.8, 4) is 11.5 Å². The molecule has 0 aliphatic rings. The first kappa shape index (κ1) is 15.5. The molecule has 122 valence electrons. The highest BCUT2D eigenvalue weighted by Gasteiger charge is 2.12. The van der Waals surface area contributed by atoms with Crippen molar-refractivity contribution >= 4 is 33.7 Å². The van der Waals surface area contributed by atoms with Crippen LogP contribution in [0.5, 0.6) is 0 Å². The number of para-hydroxylation sites is 2. The van der Waals surface area contributed by atoms with Gasteiger partial charge in [-0.15, -0.1) is 10.2 Å². The van der Waals surface area contributed by atoms with E-state index in [-0.39, 0.29) is 5.89 Å². The van der Waals surface area contributed by atoms with Crippen molar-refractivity contribution in [1.29, 1.82) is 0 Å². The van der Waals surface area contributed by atoms with Gasteiger partial charge in [-0.25, -0.2) is 4.98 Å². The predicted octanol–water partition coefficient (Wildman–Crippen LogP) is 4.73. The van der Waals surface area contributed by atoms with E-state index in [1.54, 1.807) is 12.3 Å². The van der Waals surface area contributed by atoms with E-state index < -0.39 is 0 Å². The van der Waals surface area contributed by atoms with Crippen molar-refractivity contribution in [1.82, 2.24) is 20.2 Å². The second kappa shape index (κ2) is 6.45. The van der Waals surface area contributed by atoms with Crippen LogP contribution in [0.15, 0.2) is 59.1 Å². The number of halogens is 1. The summed E-state index contributed by atoms with van der Waals surface area (Å²) in [6, 6.07) is 15.5. The number of nitrogens with zero attached hydrogens (tertiary/aromatic N) is 4. The molecule has 0 saturated heterocycles. The summed E-state index contributed by atoms with van der Waals surface area (Å²) in [6.07, 6.45) is 3.32. The number of fused-ring (bicyclic) bond motifs is 1. The van der Waals surface area contributed by atoms with Crippen molar-refractivity contribution in [2.45, 2.75) is 6.92 Å². The SMILES string of the molecule is Cc1cccc(-c2nnc(/C(Cl)=C/c3cnc4ccccc4n3)o2)c1. The van der Waals surface area contributed by atoms with E-state index in [1.807, 2.05) is 55.5 Å². The summed E-state index contributed by atoms with van der Waals surface area (Å²) in [4.78, 5) is 8.86. The van der Waals surface area contributed by atoms with Gasteiger partial charge in [0.25, 0.3) is 5.89 Å². The fraction of sp³-hybridized carbons (Fsp3) is 0.0526.